The first-order chi connectivity index (χ1) is 14.6. The largest absolute Gasteiger partial charge is 0.461 e. The molecule has 0 radical (unpaired) electrons. The van der Waals surface area contributed by atoms with Crippen LogP contribution in [0.15, 0.2) is 22.8 Å². The molecule has 5 heterocycles. The zero-order chi connectivity index (χ0) is 20.7. The van der Waals surface area contributed by atoms with Gasteiger partial charge in [0.25, 0.3) is 11.7 Å². The van der Waals surface area contributed by atoms with Gasteiger partial charge in [-0.3, -0.25) is 0 Å². The molecule has 30 heavy (non-hydrogen) atoms. The summed E-state index contributed by atoms with van der Waals surface area (Å²) in [6.07, 6.45) is 2.38. The zero-order valence-electron chi connectivity index (χ0n) is 16.8. The molecule has 3 aromatic rings. The van der Waals surface area contributed by atoms with E-state index in [1.807, 2.05) is 4.90 Å². The maximum absolute atomic E-state index is 13.1. The van der Waals surface area contributed by atoms with Crippen LogP contribution in [0.4, 0.5) is 16.7 Å². The van der Waals surface area contributed by atoms with Gasteiger partial charge >= 0.3 is 6.03 Å². The number of amides is 2. The van der Waals surface area contributed by atoms with Gasteiger partial charge in [-0.1, -0.05) is 6.92 Å². The quantitative estimate of drug-likeness (QED) is 0.656. The summed E-state index contributed by atoms with van der Waals surface area (Å²) in [5.74, 6) is 1.69. The highest BCUT2D eigenvalue weighted by molar-refractivity contribution is 5.76. The molecule has 2 aliphatic rings. The van der Waals surface area contributed by atoms with Gasteiger partial charge in [0.1, 0.15) is 0 Å². The molecule has 2 amide bonds. The normalized spacial score (nSPS) is 18.0. The van der Waals surface area contributed by atoms with Gasteiger partial charge in [-0.2, -0.15) is 19.5 Å². The number of likely N-dealkylation sites (N-methyl/N-ethyl adjacent to an activating group) is 1. The minimum absolute atomic E-state index is 0.0250. The number of nitrogens with zero attached hydrogens (tertiary/aromatic N) is 9. The summed E-state index contributed by atoms with van der Waals surface area (Å²) in [4.78, 5) is 30.7. The van der Waals surface area contributed by atoms with Crippen molar-refractivity contribution in [2.75, 3.05) is 56.6 Å². The number of fused-ring (bicyclic) bond motifs is 1. The van der Waals surface area contributed by atoms with E-state index in [-0.39, 0.29) is 12.0 Å². The highest BCUT2D eigenvalue weighted by Crippen LogP contribution is 2.23. The predicted molar refractivity (Wildman–Crippen MR) is 108 cm³/mol. The average molecular weight is 412 g/mol. The van der Waals surface area contributed by atoms with Crippen molar-refractivity contribution in [3.05, 3.63) is 18.4 Å². The molecule has 2 N–H and O–H groups in total. The van der Waals surface area contributed by atoms with E-state index in [2.05, 4.69) is 31.9 Å². The molecule has 12 nitrogen and oxygen atoms in total. The lowest BCUT2D eigenvalue weighted by Gasteiger charge is -2.38. The van der Waals surface area contributed by atoms with Crippen LogP contribution < -0.4 is 10.7 Å². The van der Waals surface area contributed by atoms with E-state index < -0.39 is 0 Å². The van der Waals surface area contributed by atoms with E-state index >= 15 is 0 Å². The van der Waals surface area contributed by atoms with Crippen LogP contribution in [0.1, 0.15) is 13.3 Å². The van der Waals surface area contributed by atoms with Crippen LogP contribution in [0.3, 0.4) is 0 Å². The Bertz CT molecular complexity index is 1040. The summed E-state index contributed by atoms with van der Waals surface area (Å²) in [7, 11) is 0. The molecule has 12 heteroatoms. The monoisotopic (exact) mass is 412 g/mol. The number of hydrogen-bond donors (Lipinski definition) is 1. The highest BCUT2D eigenvalue weighted by Gasteiger charge is 2.34. The third-order valence-electron chi connectivity index (χ3n) is 5.54. The van der Waals surface area contributed by atoms with Gasteiger partial charge in [-0.05, 0) is 25.1 Å². The molecular weight excluding hydrogens is 388 g/mol. The van der Waals surface area contributed by atoms with Gasteiger partial charge in [0.15, 0.2) is 5.76 Å². The smallest absolute Gasteiger partial charge is 0.338 e. The van der Waals surface area contributed by atoms with Crippen LogP contribution in [0, 0.1) is 0 Å². The molecule has 0 bridgehead atoms. The number of furan rings is 1. The van der Waals surface area contributed by atoms with E-state index in [0.29, 0.717) is 36.4 Å². The minimum atomic E-state index is -0.0250. The van der Waals surface area contributed by atoms with Gasteiger partial charge in [-0.25, -0.2) is 14.8 Å². The SMILES string of the molecule is CCN1CCN(C(=O)N2CCCN2c2nc(N)n3nc(-c4ccco4)nc3n2)CC1. The van der Waals surface area contributed by atoms with E-state index in [1.165, 1.54) is 4.52 Å². The van der Waals surface area contributed by atoms with Gasteiger partial charge in [0, 0.05) is 39.3 Å². The van der Waals surface area contributed by atoms with Crippen molar-refractivity contribution >= 4 is 23.7 Å². The second-order valence-electron chi connectivity index (χ2n) is 7.31. The number of aromatic nitrogens is 5. The Morgan fingerprint density at radius 2 is 1.97 bits per heavy atom. The zero-order valence-corrected chi connectivity index (χ0v) is 16.8. The molecule has 0 atom stereocenters. The summed E-state index contributed by atoms with van der Waals surface area (Å²) < 4.78 is 6.72. The van der Waals surface area contributed by atoms with E-state index in [9.17, 15) is 4.79 Å². The fraction of sp³-hybridized carbons (Fsp3) is 0.500. The molecule has 0 aromatic carbocycles. The maximum Gasteiger partial charge on any atom is 0.338 e. The molecule has 0 saturated carbocycles. The van der Waals surface area contributed by atoms with Crippen molar-refractivity contribution in [1.82, 2.24) is 39.4 Å². The van der Waals surface area contributed by atoms with Crippen molar-refractivity contribution in [3.8, 4) is 11.6 Å². The van der Waals surface area contributed by atoms with Gasteiger partial charge < -0.3 is 20.0 Å². The highest BCUT2D eigenvalue weighted by atomic mass is 16.3. The molecule has 3 aromatic heterocycles. The minimum Gasteiger partial charge on any atom is -0.461 e. The Balaban J connectivity index is 1.40. The van der Waals surface area contributed by atoms with Crippen LogP contribution in [0.25, 0.3) is 17.4 Å². The molecular formula is C18H24N10O2. The fourth-order valence-electron chi connectivity index (χ4n) is 3.86. The Labute approximate surface area is 172 Å². The number of nitrogen functional groups attached to an aromatic ring is 1. The lowest BCUT2D eigenvalue weighted by molar-refractivity contribution is 0.118. The molecule has 0 spiro atoms. The molecule has 2 fully saturated rings. The molecule has 2 aliphatic heterocycles. The van der Waals surface area contributed by atoms with Gasteiger partial charge in [0.2, 0.25) is 11.8 Å². The number of carbonyl (C=O) groups excluding carboxylic acids is 1. The topological polar surface area (TPSA) is 125 Å². The maximum atomic E-state index is 13.1. The third-order valence-corrected chi connectivity index (χ3v) is 5.54. The van der Waals surface area contributed by atoms with Crippen molar-refractivity contribution in [2.24, 2.45) is 0 Å². The van der Waals surface area contributed by atoms with Crippen molar-refractivity contribution in [2.45, 2.75) is 13.3 Å². The predicted octanol–water partition coefficient (Wildman–Crippen LogP) is 0.546. The van der Waals surface area contributed by atoms with Crippen LogP contribution in [0.5, 0.6) is 0 Å². The Hall–Kier alpha value is -3.41. The number of rotatable bonds is 3. The summed E-state index contributed by atoms with van der Waals surface area (Å²) in [5, 5.41) is 7.80. The first-order valence-corrected chi connectivity index (χ1v) is 10.1. The van der Waals surface area contributed by atoms with Crippen LogP contribution in [0.2, 0.25) is 0 Å². The standard InChI is InChI=1S/C18H24N10O2/c1-2-24-8-10-25(11-9-24)18(29)27-7-4-6-26(27)16-21-15(19)28-17(22-16)20-14(23-28)13-5-3-12-30-13/h3,5,12H,2,4,6-11H2,1H3,(H2,19,20,21,22,23). The molecule has 0 unspecified atom stereocenters. The van der Waals surface area contributed by atoms with E-state index in [0.717, 1.165) is 39.1 Å². The molecule has 158 valence electrons. The van der Waals surface area contributed by atoms with Crippen LogP contribution >= 0.6 is 0 Å². The molecule has 0 aliphatic carbocycles. The van der Waals surface area contributed by atoms with E-state index in [1.54, 1.807) is 28.4 Å². The summed E-state index contributed by atoms with van der Waals surface area (Å²) >= 11 is 0. The van der Waals surface area contributed by atoms with Crippen LogP contribution in [-0.4, -0.2) is 91.2 Å². The van der Waals surface area contributed by atoms with Gasteiger partial charge in [-0.15, -0.1) is 5.10 Å². The fourth-order valence-corrected chi connectivity index (χ4v) is 3.86. The Kier molecular flexibility index (Phi) is 4.62. The third kappa shape index (κ3) is 3.18. The van der Waals surface area contributed by atoms with Gasteiger partial charge in [0.05, 0.1) is 6.26 Å². The Morgan fingerprint density at radius 1 is 1.13 bits per heavy atom. The Morgan fingerprint density at radius 3 is 2.70 bits per heavy atom. The molecule has 5 rings (SSSR count). The average Bonchev–Trinajstić information content (AvgIpc) is 3.53. The summed E-state index contributed by atoms with van der Waals surface area (Å²) in [6.45, 7) is 7.61. The first kappa shape index (κ1) is 18.6. The number of hydrazine groups is 1. The number of piperazine rings is 1. The van der Waals surface area contributed by atoms with E-state index in [4.69, 9.17) is 10.2 Å². The van der Waals surface area contributed by atoms with Crippen molar-refractivity contribution in [1.29, 1.82) is 0 Å². The lowest BCUT2D eigenvalue weighted by Crippen LogP contribution is -2.55. The lowest BCUT2D eigenvalue weighted by atomic mass is 10.3. The summed E-state index contributed by atoms with van der Waals surface area (Å²) in [5.41, 5.74) is 6.12. The second-order valence-corrected chi connectivity index (χ2v) is 7.31. The first-order valence-electron chi connectivity index (χ1n) is 10.1. The second kappa shape index (κ2) is 7.44. The van der Waals surface area contributed by atoms with Crippen LogP contribution in [-0.2, 0) is 0 Å². The number of urea groups is 1. The summed E-state index contributed by atoms with van der Waals surface area (Å²) in [6, 6.07) is 3.50. The number of anilines is 2. The van der Waals surface area contributed by atoms with Crippen molar-refractivity contribution in [3.63, 3.8) is 0 Å². The molecule has 2 saturated heterocycles. The number of carbonyl (C=O) groups is 1. The number of nitrogens with two attached hydrogens (primary N) is 1. The van der Waals surface area contributed by atoms with Crippen molar-refractivity contribution < 1.29 is 9.21 Å². The number of hydrogen-bond acceptors (Lipinski definition) is 9.